The van der Waals surface area contributed by atoms with E-state index in [0.717, 1.165) is 4.90 Å². The van der Waals surface area contributed by atoms with Crippen LogP contribution in [-0.4, -0.2) is 39.8 Å². The normalized spacial score (nSPS) is 16.4. The smallest absolute Gasteiger partial charge is 0.253 e. The van der Waals surface area contributed by atoms with Gasteiger partial charge in [-0.1, -0.05) is 0 Å². The summed E-state index contributed by atoms with van der Waals surface area (Å²) in [5.74, 6) is -0.671. The lowest BCUT2D eigenvalue weighted by molar-refractivity contribution is -0.137. The summed E-state index contributed by atoms with van der Waals surface area (Å²) in [7, 11) is 0. The van der Waals surface area contributed by atoms with E-state index in [2.05, 4.69) is 0 Å². The number of carbonyl (C=O) groups excluding carboxylic acids is 2. The molecule has 13 heavy (non-hydrogen) atoms. The van der Waals surface area contributed by atoms with Crippen LogP contribution in [0.4, 0.5) is 0 Å². The first-order valence-electron chi connectivity index (χ1n) is 4.01. The Morgan fingerprint density at radius 2 is 1.77 bits per heavy atom. The fourth-order valence-corrected chi connectivity index (χ4v) is 1.08. The molecule has 0 aromatic rings. The number of amides is 2. The van der Waals surface area contributed by atoms with E-state index in [9.17, 15) is 9.59 Å². The molecule has 1 aliphatic rings. The molecule has 5 nitrogen and oxygen atoms in total. The first-order valence-corrected chi connectivity index (χ1v) is 4.01. The average molecular weight is 185 g/mol. The van der Waals surface area contributed by atoms with Crippen molar-refractivity contribution in [3.8, 4) is 0 Å². The molecule has 0 atom stereocenters. The molecule has 2 N–H and O–H groups in total. The number of aliphatic hydroxyl groups excluding tert-OH is 1. The third kappa shape index (κ3) is 2.64. The molecular weight excluding hydrogens is 174 g/mol. The molecule has 0 saturated heterocycles. The molecule has 5 heteroatoms. The van der Waals surface area contributed by atoms with Gasteiger partial charge in [0, 0.05) is 18.7 Å². The minimum absolute atomic E-state index is 0.164. The van der Waals surface area contributed by atoms with Gasteiger partial charge in [-0.3, -0.25) is 14.5 Å². The average Bonchev–Trinajstić information content (AvgIpc) is 2.34. The number of imide groups is 1. The van der Waals surface area contributed by atoms with E-state index in [1.165, 1.54) is 12.2 Å². The second-order valence-electron chi connectivity index (χ2n) is 2.78. The molecule has 0 saturated carbocycles. The molecule has 2 amide bonds. The second kappa shape index (κ2) is 4.15. The Morgan fingerprint density at radius 1 is 1.23 bits per heavy atom. The van der Waals surface area contributed by atoms with Crippen LogP contribution in [0, 0.1) is 0 Å². The van der Waals surface area contributed by atoms with Crippen molar-refractivity contribution in [2.45, 2.75) is 19.1 Å². The number of hydrogen-bond donors (Lipinski definition) is 2. The van der Waals surface area contributed by atoms with Gasteiger partial charge in [-0.25, -0.2) is 0 Å². The van der Waals surface area contributed by atoms with Crippen molar-refractivity contribution < 1.29 is 19.8 Å². The lowest BCUT2D eigenvalue weighted by Gasteiger charge is -2.13. The van der Waals surface area contributed by atoms with E-state index in [-0.39, 0.29) is 24.8 Å². The summed E-state index contributed by atoms with van der Waals surface area (Å²) in [6.07, 6.45) is 1.60. The lowest BCUT2D eigenvalue weighted by Crippen LogP contribution is -2.31. The largest absolute Gasteiger partial charge is 0.368 e. The maximum Gasteiger partial charge on any atom is 0.253 e. The lowest BCUT2D eigenvalue weighted by atomic mass is 10.3. The van der Waals surface area contributed by atoms with Gasteiger partial charge in [0.25, 0.3) is 11.8 Å². The minimum Gasteiger partial charge on any atom is -0.368 e. The van der Waals surface area contributed by atoms with E-state index >= 15 is 0 Å². The monoisotopic (exact) mass is 185 g/mol. The zero-order valence-corrected chi connectivity index (χ0v) is 7.01. The van der Waals surface area contributed by atoms with E-state index in [1.54, 1.807) is 0 Å². The highest BCUT2D eigenvalue weighted by Crippen LogP contribution is 2.05. The number of nitrogens with zero attached hydrogens (tertiary/aromatic N) is 1. The van der Waals surface area contributed by atoms with Gasteiger partial charge >= 0.3 is 0 Å². The Hall–Kier alpha value is -1.20. The molecule has 0 aromatic carbocycles. The Bertz CT molecular complexity index is 229. The van der Waals surface area contributed by atoms with E-state index in [1.807, 2.05) is 0 Å². The highest BCUT2D eigenvalue weighted by molar-refractivity contribution is 6.12. The van der Waals surface area contributed by atoms with Crippen molar-refractivity contribution in [1.82, 2.24) is 4.90 Å². The van der Waals surface area contributed by atoms with Gasteiger partial charge in [-0.05, 0) is 12.8 Å². The summed E-state index contributed by atoms with van der Waals surface area (Å²) in [5, 5.41) is 17.0. The highest BCUT2D eigenvalue weighted by atomic mass is 16.5. The van der Waals surface area contributed by atoms with Gasteiger partial charge in [0.1, 0.15) is 0 Å². The Balaban J connectivity index is 2.30. The molecule has 0 unspecified atom stereocenters. The van der Waals surface area contributed by atoms with Crippen molar-refractivity contribution in [2.75, 3.05) is 6.54 Å². The number of carbonyl (C=O) groups is 2. The Kier molecular flexibility index (Phi) is 3.16. The molecule has 0 aliphatic carbocycles. The van der Waals surface area contributed by atoms with Crippen LogP contribution in [-0.2, 0) is 9.59 Å². The summed E-state index contributed by atoms with van der Waals surface area (Å²) in [6.45, 7) is 0.238. The standard InChI is InChI=1S/C8H11NO4/c10-6-3-4-7(11)9(6)5-1-2-8(12)13/h3-4,8,12-13H,1-2,5H2. The zero-order chi connectivity index (χ0) is 9.84. The van der Waals surface area contributed by atoms with Crippen molar-refractivity contribution in [3.63, 3.8) is 0 Å². The summed E-state index contributed by atoms with van der Waals surface area (Å²) < 4.78 is 0. The van der Waals surface area contributed by atoms with Crippen LogP contribution >= 0.6 is 0 Å². The Labute approximate surface area is 75.3 Å². The molecule has 0 radical (unpaired) electrons. The SMILES string of the molecule is O=C1C=CC(=O)N1CCCC(O)O. The third-order valence-electron chi connectivity index (χ3n) is 1.74. The van der Waals surface area contributed by atoms with E-state index in [0.29, 0.717) is 6.42 Å². The quantitative estimate of drug-likeness (QED) is 0.435. The van der Waals surface area contributed by atoms with Crippen molar-refractivity contribution in [1.29, 1.82) is 0 Å². The second-order valence-corrected chi connectivity index (χ2v) is 2.78. The fourth-order valence-electron chi connectivity index (χ4n) is 1.08. The summed E-state index contributed by atoms with van der Waals surface area (Å²) in [4.78, 5) is 23.0. The number of rotatable bonds is 4. The van der Waals surface area contributed by atoms with Gasteiger partial charge in [0.2, 0.25) is 0 Å². The van der Waals surface area contributed by atoms with Crippen LogP contribution in [0.3, 0.4) is 0 Å². The van der Waals surface area contributed by atoms with E-state index in [4.69, 9.17) is 10.2 Å². The summed E-state index contributed by atoms with van der Waals surface area (Å²) in [6, 6.07) is 0. The third-order valence-corrected chi connectivity index (χ3v) is 1.74. The van der Waals surface area contributed by atoms with Gasteiger partial charge in [0.05, 0.1) is 0 Å². The molecule has 0 aromatic heterocycles. The van der Waals surface area contributed by atoms with Crippen molar-refractivity contribution in [3.05, 3.63) is 12.2 Å². The predicted molar refractivity (Wildman–Crippen MR) is 43.3 cm³/mol. The molecule has 1 heterocycles. The molecule has 0 bridgehead atoms. The zero-order valence-electron chi connectivity index (χ0n) is 7.01. The highest BCUT2D eigenvalue weighted by Gasteiger charge is 2.22. The topological polar surface area (TPSA) is 77.8 Å². The summed E-state index contributed by atoms with van der Waals surface area (Å²) in [5.41, 5.74) is 0. The molecule has 72 valence electrons. The molecule has 0 spiro atoms. The van der Waals surface area contributed by atoms with Crippen LogP contribution in [0.25, 0.3) is 0 Å². The van der Waals surface area contributed by atoms with Gasteiger partial charge < -0.3 is 10.2 Å². The number of aliphatic hydroxyl groups is 2. The van der Waals surface area contributed by atoms with Crippen LogP contribution in [0.1, 0.15) is 12.8 Å². The molecule has 0 fully saturated rings. The Morgan fingerprint density at radius 3 is 2.23 bits per heavy atom. The minimum atomic E-state index is -1.37. The first kappa shape index (κ1) is 9.88. The molecule has 1 aliphatic heterocycles. The maximum absolute atomic E-state index is 11.0. The maximum atomic E-state index is 11.0. The predicted octanol–water partition coefficient (Wildman–Crippen LogP) is -0.998. The van der Waals surface area contributed by atoms with Crippen molar-refractivity contribution in [2.24, 2.45) is 0 Å². The van der Waals surface area contributed by atoms with Gasteiger partial charge in [-0.15, -0.1) is 0 Å². The molecular formula is C8H11NO4. The van der Waals surface area contributed by atoms with Crippen LogP contribution in [0.2, 0.25) is 0 Å². The van der Waals surface area contributed by atoms with E-state index < -0.39 is 6.29 Å². The fraction of sp³-hybridized carbons (Fsp3) is 0.500. The van der Waals surface area contributed by atoms with Crippen molar-refractivity contribution >= 4 is 11.8 Å². The summed E-state index contributed by atoms with van der Waals surface area (Å²) >= 11 is 0. The molecule has 1 rings (SSSR count). The van der Waals surface area contributed by atoms with Crippen LogP contribution < -0.4 is 0 Å². The number of hydrogen-bond acceptors (Lipinski definition) is 4. The van der Waals surface area contributed by atoms with Crippen LogP contribution in [0.5, 0.6) is 0 Å². The first-order chi connectivity index (χ1) is 6.11. The van der Waals surface area contributed by atoms with Crippen LogP contribution in [0.15, 0.2) is 12.2 Å². The van der Waals surface area contributed by atoms with Gasteiger partial charge in [0.15, 0.2) is 6.29 Å². The van der Waals surface area contributed by atoms with Gasteiger partial charge in [-0.2, -0.15) is 0 Å².